The summed E-state index contributed by atoms with van der Waals surface area (Å²) in [5.74, 6) is 0.464. The highest BCUT2D eigenvalue weighted by atomic mass is 16.5. The second kappa shape index (κ2) is 9.03. The molecule has 0 bridgehead atoms. The number of ether oxygens (including phenoxy) is 1. The molecule has 6 nitrogen and oxygen atoms in total. The molecule has 1 aliphatic carbocycles. The molecule has 142 valence electrons. The van der Waals surface area contributed by atoms with Crippen molar-refractivity contribution in [3.05, 3.63) is 30.3 Å². The molecule has 0 radical (unpaired) electrons. The molecule has 2 amide bonds. The predicted molar refractivity (Wildman–Crippen MR) is 96.6 cm³/mol. The molecule has 3 rings (SSSR count). The van der Waals surface area contributed by atoms with Gasteiger partial charge in [-0.25, -0.2) is 5.48 Å². The Hall–Kier alpha value is -2.08. The van der Waals surface area contributed by atoms with Gasteiger partial charge in [0.2, 0.25) is 11.8 Å². The molecule has 1 aromatic carbocycles. The molecule has 2 N–H and O–H groups in total. The standard InChI is InChI=1S/C20H28N2O4/c23-19(21-25)17-7-4-8-18(17)20(24)22-12-9-15(10-13-22)11-14-26-16-5-2-1-3-6-16/h1-3,5-6,15,17-18,25H,4,7-14H2,(H,21,23). The summed E-state index contributed by atoms with van der Waals surface area (Å²) in [4.78, 5) is 26.4. The quantitative estimate of drug-likeness (QED) is 0.604. The molecule has 2 atom stereocenters. The van der Waals surface area contributed by atoms with Crippen molar-refractivity contribution in [1.82, 2.24) is 10.4 Å². The molecule has 2 aliphatic rings. The molecule has 1 saturated heterocycles. The Morgan fingerprint density at radius 3 is 2.46 bits per heavy atom. The number of carbonyl (C=O) groups excluding carboxylic acids is 2. The monoisotopic (exact) mass is 360 g/mol. The summed E-state index contributed by atoms with van der Waals surface area (Å²) in [6, 6.07) is 9.82. The summed E-state index contributed by atoms with van der Waals surface area (Å²) in [7, 11) is 0. The molecule has 1 aromatic rings. The van der Waals surface area contributed by atoms with Crippen molar-refractivity contribution in [2.45, 2.75) is 38.5 Å². The first-order valence-corrected chi connectivity index (χ1v) is 9.59. The number of piperidine rings is 1. The molecule has 26 heavy (non-hydrogen) atoms. The van der Waals surface area contributed by atoms with E-state index in [9.17, 15) is 9.59 Å². The zero-order chi connectivity index (χ0) is 18.4. The van der Waals surface area contributed by atoms with Gasteiger partial charge >= 0.3 is 0 Å². The topological polar surface area (TPSA) is 78.9 Å². The summed E-state index contributed by atoms with van der Waals surface area (Å²) in [5, 5.41) is 8.87. The number of hydroxylamine groups is 1. The van der Waals surface area contributed by atoms with E-state index in [1.165, 1.54) is 0 Å². The Kier molecular flexibility index (Phi) is 6.50. The minimum atomic E-state index is -0.422. The van der Waals surface area contributed by atoms with Gasteiger partial charge in [-0.3, -0.25) is 14.8 Å². The summed E-state index contributed by atoms with van der Waals surface area (Å²) in [5.41, 5.74) is 1.71. The van der Waals surface area contributed by atoms with Gasteiger partial charge in [-0.1, -0.05) is 24.6 Å². The van der Waals surface area contributed by atoms with E-state index in [1.54, 1.807) is 5.48 Å². The molecule has 2 fully saturated rings. The van der Waals surface area contributed by atoms with Crippen molar-refractivity contribution in [1.29, 1.82) is 0 Å². The average molecular weight is 360 g/mol. The number of para-hydroxylation sites is 1. The zero-order valence-corrected chi connectivity index (χ0v) is 15.1. The predicted octanol–water partition coefficient (Wildman–Crippen LogP) is 2.62. The van der Waals surface area contributed by atoms with E-state index >= 15 is 0 Å². The van der Waals surface area contributed by atoms with Crippen LogP contribution in [0.15, 0.2) is 30.3 Å². The number of nitrogens with zero attached hydrogens (tertiary/aromatic N) is 1. The molecule has 0 spiro atoms. The first-order valence-electron chi connectivity index (χ1n) is 9.59. The van der Waals surface area contributed by atoms with Gasteiger partial charge in [-0.2, -0.15) is 0 Å². The molecule has 2 unspecified atom stereocenters. The maximum Gasteiger partial charge on any atom is 0.247 e. The third kappa shape index (κ3) is 4.55. The Bertz CT molecular complexity index is 599. The highest BCUT2D eigenvalue weighted by molar-refractivity contribution is 5.87. The Balaban J connectivity index is 1.41. The second-order valence-corrected chi connectivity index (χ2v) is 7.34. The van der Waals surface area contributed by atoms with E-state index < -0.39 is 5.91 Å². The fourth-order valence-electron chi connectivity index (χ4n) is 4.19. The highest BCUT2D eigenvalue weighted by Crippen LogP contribution is 2.34. The van der Waals surface area contributed by atoms with Gasteiger partial charge in [0.1, 0.15) is 5.75 Å². The molecular formula is C20H28N2O4. The van der Waals surface area contributed by atoms with Gasteiger partial charge in [0.05, 0.1) is 12.5 Å². The Morgan fingerprint density at radius 2 is 1.77 bits per heavy atom. The van der Waals surface area contributed by atoms with E-state index in [0.717, 1.165) is 50.9 Å². The summed E-state index contributed by atoms with van der Waals surface area (Å²) in [6.45, 7) is 2.20. The van der Waals surface area contributed by atoms with Gasteiger partial charge in [-0.15, -0.1) is 0 Å². The lowest BCUT2D eigenvalue weighted by Crippen LogP contribution is -2.45. The van der Waals surface area contributed by atoms with Crippen LogP contribution in [0.4, 0.5) is 0 Å². The van der Waals surface area contributed by atoms with Crippen LogP contribution in [0.25, 0.3) is 0 Å². The number of benzene rings is 1. The normalized spacial score (nSPS) is 23.7. The van der Waals surface area contributed by atoms with E-state index in [-0.39, 0.29) is 17.7 Å². The van der Waals surface area contributed by atoms with Crippen LogP contribution in [0.3, 0.4) is 0 Å². The van der Waals surface area contributed by atoms with Gasteiger partial charge in [-0.05, 0) is 50.2 Å². The van der Waals surface area contributed by atoms with Crippen molar-refractivity contribution in [3.63, 3.8) is 0 Å². The minimum Gasteiger partial charge on any atom is -0.494 e. The molecule has 1 saturated carbocycles. The third-order valence-corrected chi connectivity index (χ3v) is 5.74. The summed E-state index contributed by atoms with van der Waals surface area (Å²) < 4.78 is 5.77. The van der Waals surface area contributed by atoms with Crippen LogP contribution >= 0.6 is 0 Å². The van der Waals surface area contributed by atoms with Crippen molar-refractivity contribution in [3.8, 4) is 5.75 Å². The largest absolute Gasteiger partial charge is 0.494 e. The maximum atomic E-state index is 12.8. The highest BCUT2D eigenvalue weighted by Gasteiger charge is 2.40. The number of amides is 2. The fraction of sp³-hybridized carbons (Fsp3) is 0.600. The van der Waals surface area contributed by atoms with Crippen molar-refractivity contribution < 1.29 is 19.5 Å². The van der Waals surface area contributed by atoms with Crippen molar-refractivity contribution in [2.75, 3.05) is 19.7 Å². The lowest BCUT2D eigenvalue weighted by molar-refractivity contribution is -0.144. The number of carbonyl (C=O) groups is 2. The number of likely N-dealkylation sites (tertiary alicyclic amines) is 1. The Morgan fingerprint density at radius 1 is 1.08 bits per heavy atom. The summed E-state index contributed by atoms with van der Waals surface area (Å²) >= 11 is 0. The molecule has 1 aliphatic heterocycles. The fourth-order valence-corrected chi connectivity index (χ4v) is 4.19. The van der Waals surface area contributed by atoms with Crippen molar-refractivity contribution >= 4 is 11.8 Å². The van der Waals surface area contributed by atoms with E-state index in [0.29, 0.717) is 18.9 Å². The van der Waals surface area contributed by atoms with Crippen LogP contribution in [0.5, 0.6) is 5.75 Å². The summed E-state index contributed by atoms with van der Waals surface area (Å²) in [6.07, 6.45) is 5.23. The smallest absolute Gasteiger partial charge is 0.247 e. The van der Waals surface area contributed by atoms with Gasteiger partial charge in [0.25, 0.3) is 0 Å². The molecule has 6 heteroatoms. The van der Waals surface area contributed by atoms with Gasteiger partial charge in [0, 0.05) is 19.0 Å². The van der Waals surface area contributed by atoms with Crippen LogP contribution in [0.2, 0.25) is 0 Å². The molecule has 1 heterocycles. The van der Waals surface area contributed by atoms with Gasteiger partial charge < -0.3 is 9.64 Å². The zero-order valence-electron chi connectivity index (χ0n) is 15.1. The number of nitrogens with one attached hydrogen (secondary N) is 1. The second-order valence-electron chi connectivity index (χ2n) is 7.34. The van der Waals surface area contributed by atoms with Crippen LogP contribution in [-0.4, -0.2) is 41.6 Å². The van der Waals surface area contributed by atoms with Crippen LogP contribution in [-0.2, 0) is 9.59 Å². The van der Waals surface area contributed by atoms with Crippen molar-refractivity contribution in [2.24, 2.45) is 17.8 Å². The lowest BCUT2D eigenvalue weighted by atomic mass is 9.90. The first kappa shape index (κ1) is 18.7. The third-order valence-electron chi connectivity index (χ3n) is 5.74. The minimum absolute atomic E-state index is 0.0788. The number of rotatable bonds is 6. The first-order chi connectivity index (χ1) is 12.7. The van der Waals surface area contributed by atoms with E-state index in [4.69, 9.17) is 9.94 Å². The Labute approximate surface area is 154 Å². The average Bonchev–Trinajstić information content (AvgIpc) is 3.18. The lowest BCUT2D eigenvalue weighted by Gasteiger charge is -2.34. The maximum absolute atomic E-state index is 12.8. The SMILES string of the molecule is O=C(NO)C1CCCC1C(=O)N1CCC(CCOc2ccccc2)CC1. The molecular weight excluding hydrogens is 332 g/mol. The van der Waals surface area contributed by atoms with Crippen LogP contribution in [0, 0.1) is 17.8 Å². The van der Waals surface area contributed by atoms with E-state index in [1.807, 2.05) is 35.2 Å². The number of hydrogen-bond donors (Lipinski definition) is 2. The van der Waals surface area contributed by atoms with Crippen LogP contribution in [0.1, 0.15) is 38.5 Å². The van der Waals surface area contributed by atoms with E-state index in [2.05, 4.69) is 0 Å². The van der Waals surface area contributed by atoms with Crippen LogP contribution < -0.4 is 10.2 Å². The number of hydrogen-bond acceptors (Lipinski definition) is 4. The van der Waals surface area contributed by atoms with Gasteiger partial charge in [0.15, 0.2) is 0 Å². The molecule has 0 aromatic heterocycles.